The maximum Gasteiger partial charge on any atom is 0.234 e. The maximum absolute atomic E-state index is 10.4. The Kier molecular flexibility index (Phi) is 3.62. The van der Waals surface area contributed by atoms with Crippen LogP contribution >= 0.6 is 0 Å². The van der Waals surface area contributed by atoms with E-state index in [-0.39, 0.29) is 12.5 Å². The predicted octanol–water partition coefficient (Wildman–Crippen LogP) is -1.44. The van der Waals surface area contributed by atoms with Gasteiger partial charge in [0.1, 0.15) is 0 Å². The number of hydrogen-bond acceptors (Lipinski definition) is 3. The van der Waals surface area contributed by atoms with E-state index < -0.39 is 6.04 Å². The average molecular weight is 129 g/mol. The smallest absolute Gasteiger partial charge is 0.234 e. The highest BCUT2D eigenvalue weighted by Crippen LogP contribution is 1.71. The first-order valence-corrected chi connectivity index (χ1v) is 2.57. The number of hydrogen-bond donors (Lipinski definition) is 2. The zero-order chi connectivity index (χ0) is 7.28. The van der Waals surface area contributed by atoms with Crippen LogP contribution in [0.25, 0.3) is 0 Å². The van der Waals surface area contributed by atoms with Gasteiger partial charge in [-0.1, -0.05) is 0 Å². The predicted molar refractivity (Wildman–Crippen MR) is 32.4 cm³/mol. The molecule has 1 amide bonds. The molecule has 0 fully saturated rings. The molecule has 9 heavy (non-hydrogen) atoms. The van der Waals surface area contributed by atoms with Crippen LogP contribution in [0.3, 0.4) is 0 Å². The van der Waals surface area contributed by atoms with Gasteiger partial charge >= 0.3 is 0 Å². The second-order valence-corrected chi connectivity index (χ2v) is 1.61. The van der Waals surface area contributed by atoms with Crippen LogP contribution in [0, 0.1) is 0 Å². The molecule has 4 heteroatoms. The lowest BCUT2D eigenvalue weighted by Gasteiger charge is -2.02. The Morgan fingerprint density at radius 3 is 2.78 bits per heavy atom. The van der Waals surface area contributed by atoms with Gasteiger partial charge in [0, 0.05) is 0 Å². The van der Waals surface area contributed by atoms with Crippen molar-refractivity contribution in [1.29, 1.82) is 0 Å². The first kappa shape index (κ1) is 8.10. The van der Waals surface area contributed by atoms with Crippen molar-refractivity contribution in [3.8, 4) is 0 Å². The summed E-state index contributed by atoms with van der Waals surface area (Å²) in [7, 11) is 0. The molecule has 0 rings (SSSR count). The highest BCUT2D eigenvalue weighted by Gasteiger charge is 2.02. The van der Waals surface area contributed by atoms with Gasteiger partial charge < -0.3 is 11.1 Å². The van der Waals surface area contributed by atoms with Crippen LogP contribution in [0.15, 0.2) is 0 Å². The molecule has 0 aromatic heterocycles. The Morgan fingerprint density at radius 1 is 1.89 bits per heavy atom. The van der Waals surface area contributed by atoms with Crippen molar-refractivity contribution in [2.24, 2.45) is 5.73 Å². The third kappa shape index (κ3) is 3.66. The molecule has 0 saturated carbocycles. The fourth-order valence-electron chi connectivity index (χ4n) is 0.330. The van der Waals surface area contributed by atoms with Crippen LogP contribution in [0.4, 0.5) is 0 Å². The van der Waals surface area contributed by atoms with E-state index >= 15 is 0 Å². The third-order valence-electron chi connectivity index (χ3n) is 0.740. The molecule has 0 aromatic carbocycles. The Labute approximate surface area is 53.4 Å². The zero-order valence-corrected chi connectivity index (χ0v) is 5.18. The standard InChI is InChI=1S/C5H9N2O2/c1-4(3-8)7-5(9)2-6/h4H,2,6H2,1H3,(H,7,9). The second kappa shape index (κ2) is 4.03. The molecular weight excluding hydrogens is 120 g/mol. The van der Waals surface area contributed by atoms with E-state index in [4.69, 9.17) is 5.73 Å². The van der Waals surface area contributed by atoms with Crippen molar-refractivity contribution in [2.75, 3.05) is 6.54 Å². The molecular formula is C5H9N2O2. The molecule has 0 aliphatic rings. The van der Waals surface area contributed by atoms with Gasteiger partial charge in [0.15, 0.2) is 0 Å². The number of carbonyl (C=O) groups is 1. The summed E-state index contributed by atoms with van der Waals surface area (Å²) in [6.45, 7) is 1.44. The molecule has 1 unspecified atom stereocenters. The number of rotatable bonds is 3. The minimum absolute atomic E-state index is 0.0913. The Morgan fingerprint density at radius 2 is 2.44 bits per heavy atom. The SMILES string of the molecule is CC([C]=O)NC(=O)CN. The van der Waals surface area contributed by atoms with E-state index in [0.717, 1.165) is 0 Å². The number of nitrogens with two attached hydrogens (primary N) is 1. The molecule has 51 valence electrons. The normalized spacial score (nSPS) is 12.2. The summed E-state index contributed by atoms with van der Waals surface area (Å²) in [4.78, 5) is 20.1. The number of nitrogens with one attached hydrogen (secondary N) is 1. The molecule has 0 aliphatic heterocycles. The van der Waals surface area contributed by atoms with Crippen molar-refractivity contribution in [3.63, 3.8) is 0 Å². The van der Waals surface area contributed by atoms with Crippen molar-refractivity contribution in [3.05, 3.63) is 0 Å². The Hall–Kier alpha value is -0.900. The van der Waals surface area contributed by atoms with Crippen molar-refractivity contribution in [1.82, 2.24) is 5.32 Å². The lowest BCUT2D eigenvalue weighted by molar-refractivity contribution is -0.119. The summed E-state index contributed by atoms with van der Waals surface area (Å²) in [6.07, 6.45) is 1.59. The van der Waals surface area contributed by atoms with Crippen molar-refractivity contribution in [2.45, 2.75) is 13.0 Å². The third-order valence-corrected chi connectivity index (χ3v) is 0.740. The Bertz CT molecular complexity index is 114. The van der Waals surface area contributed by atoms with Gasteiger partial charge in [-0.25, -0.2) is 0 Å². The molecule has 0 spiro atoms. The van der Waals surface area contributed by atoms with E-state index in [1.54, 1.807) is 6.29 Å². The van der Waals surface area contributed by atoms with Crippen LogP contribution in [-0.2, 0) is 9.59 Å². The largest absolute Gasteiger partial charge is 0.345 e. The van der Waals surface area contributed by atoms with Gasteiger partial charge in [-0.3, -0.25) is 9.59 Å². The van der Waals surface area contributed by atoms with Crippen LogP contribution < -0.4 is 11.1 Å². The second-order valence-electron chi connectivity index (χ2n) is 1.61. The van der Waals surface area contributed by atoms with Crippen molar-refractivity contribution < 1.29 is 9.59 Å². The van der Waals surface area contributed by atoms with E-state index in [1.807, 2.05) is 0 Å². The van der Waals surface area contributed by atoms with Crippen LogP contribution in [0.5, 0.6) is 0 Å². The first-order chi connectivity index (χ1) is 4.20. The van der Waals surface area contributed by atoms with E-state index in [0.29, 0.717) is 0 Å². The number of amides is 1. The molecule has 0 aromatic rings. The first-order valence-electron chi connectivity index (χ1n) is 2.57. The molecule has 0 bridgehead atoms. The summed E-state index contributed by atoms with van der Waals surface area (Å²) in [6, 6.07) is -0.555. The van der Waals surface area contributed by atoms with Gasteiger partial charge in [-0.15, -0.1) is 0 Å². The lowest BCUT2D eigenvalue weighted by Crippen LogP contribution is -2.37. The molecule has 1 radical (unpaired) electrons. The fourth-order valence-corrected chi connectivity index (χ4v) is 0.330. The molecule has 0 heterocycles. The van der Waals surface area contributed by atoms with Crippen molar-refractivity contribution >= 4 is 12.2 Å². The molecule has 1 atom stereocenters. The monoisotopic (exact) mass is 129 g/mol. The van der Waals surface area contributed by atoms with Crippen LogP contribution in [0.1, 0.15) is 6.92 Å². The van der Waals surface area contributed by atoms with E-state index in [9.17, 15) is 9.59 Å². The topological polar surface area (TPSA) is 72.2 Å². The average Bonchev–Trinajstić information content (AvgIpc) is 1.87. The summed E-state index contributed by atoms with van der Waals surface area (Å²) < 4.78 is 0. The zero-order valence-electron chi connectivity index (χ0n) is 5.18. The fraction of sp³-hybridized carbons (Fsp3) is 0.600. The molecule has 0 aliphatic carbocycles. The minimum Gasteiger partial charge on any atom is -0.345 e. The van der Waals surface area contributed by atoms with Gasteiger partial charge in [0.25, 0.3) is 0 Å². The maximum atomic E-state index is 10.4. The van der Waals surface area contributed by atoms with Crippen LogP contribution in [-0.4, -0.2) is 24.8 Å². The van der Waals surface area contributed by atoms with Gasteiger partial charge in [-0.05, 0) is 6.92 Å². The van der Waals surface area contributed by atoms with Gasteiger partial charge in [0.2, 0.25) is 12.2 Å². The summed E-state index contributed by atoms with van der Waals surface area (Å²) in [5.41, 5.74) is 4.93. The quantitative estimate of drug-likeness (QED) is 0.490. The number of carbonyl (C=O) groups excluding carboxylic acids is 2. The highest BCUT2D eigenvalue weighted by molar-refractivity contribution is 5.80. The van der Waals surface area contributed by atoms with Crippen LogP contribution in [0.2, 0.25) is 0 Å². The molecule has 4 nitrogen and oxygen atoms in total. The summed E-state index contributed by atoms with van der Waals surface area (Å²) >= 11 is 0. The van der Waals surface area contributed by atoms with E-state index in [1.165, 1.54) is 6.92 Å². The van der Waals surface area contributed by atoms with Gasteiger partial charge in [-0.2, -0.15) is 0 Å². The van der Waals surface area contributed by atoms with Gasteiger partial charge in [0.05, 0.1) is 12.6 Å². The molecule has 3 N–H and O–H groups in total. The highest BCUT2D eigenvalue weighted by atomic mass is 16.2. The van der Waals surface area contributed by atoms with E-state index in [2.05, 4.69) is 5.32 Å². The minimum atomic E-state index is -0.555. The lowest BCUT2D eigenvalue weighted by atomic mass is 10.4. The summed E-state index contributed by atoms with van der Waals surface area (Å²) in [5, 5.41) is 2.29. The Balaban J connectivity index is 3.46. The summed E-state index contributed by atoms with van der Waals surface area (Å²) in [5.74, 6) is -0.342. The molecule has 0 saturated heterocycles.